The van der Waals surface area contributed by atoms with Crippen LogP contribution in [-0.2, 0) is 0 Å². The zero-order valence-electron chi connectivity index (χ0n) is 9.48. The first-order chi connectivity index (χ1) is 8.11. The molecule has 0 spiro atoms. The second kappa shape index (κ2) is 4.73. The normalized spacial score (nSPS) is 12.5. The second-order valence-corrected chi connectivity index (χ2v) is 4.03. The Bertz CT molecular complexity index is 525. The number of methoxy groups -OCH3 is 1. The van der Waals surface area contributed by atoms with Gasteiger partial charge in [0.1, 0.15) is 5.75 Å². The maximum atomic E-state index is 5.87. The average Bonchev–Trinajstić information content (AvgIpc) is 2.78. The minimum Gasteiger partial charge on any atom is -0.496 e. The number of hydrogen-bond acceptors (Lipinski definition) is 5. The van der Waals surface area contributed by atoms with Gasteiger partial charge in [-0.05, 0) is 25.1 Å². The number of nitrogens with two attached hydrogens (primary N) is 1. The molecule has 1 aromatic carbocycles. The Morgan fingerprint density at radius 2 is 2.24 bits per heavy atom. The molecule has 1 heterocycles. The first kappa shape index (κ1) is 11.9. The van der Waals surface area contributed by atoms with Crippen molar-refractivity contribution in [2.45, 2.75) is 13.0 Å². The topological polar surface area (TPSA) is 74.2 Å². The fraction of sp³-hybridized carbons (Fsp3) is 0.273. The molecule has 0 aliphatic rings. The highest BCUT2D eigenvalue weighted by Gasteiger charge is 2.15. The zero-order chi connectivity index (χ0) is 12.4. The molecule has 0 aliphatic carbocycles. The van der Waals surface area contributed by atoms with Gasteiger partial charge >= 0.3 is 0 Å². The van der Waals surface area contributed by atoms with Gasteiger partial charge in [0, 0.05) is 5.02 Å². The van der Waals surface area contributed by atoms with E-state index in [1.165, 1.54) is 0 Å². The van der Waals surface area contributed by atoms with Crippen molar-refractivity contribution in [3.8, 4) is 17.2 Å². The van der Waals surface area contributed by atoms with Crippen molar-refractivity contribution < 1.29 is 9.26 Å². The molecule has 0 amide bonds. The average molecular weight is 254 g/mol. The van der Waals surface area contributed by atoms with E-state index in [0.717, 1.165) is 0 Å². The molecule has 0 aliphatic heterocycles. The van der Waals surface area contributed by atoms with E-state index < -0.39 is 0 Å². The zero-order valence-corrected chi connectivity index (χ0v) is 10.2. The van der Waals surface area contributed by atoms with Crippen molar-refractivity contribution in [1.29, 1.82) is 0 Å². The molecular formula is C11H12ClN3O2. The third kappa shape index (κ3) is 2.40. The SMILES string of the molecule is COc1cc(Cl)ccc1-c1nc(C(C)N)no1. The summed E-state index contributed by atoms with van der Waals surface area (Å²) in [5.74, 6) is 1.40. The lowest BCUT2D eigenvalue weighted by Gasteiger charge is -2.04. The van der Waals surface area contributed by atoms with E-state index in [-0.39, 0.29) is 6.04 Å². The van der Waals surface area contributed by atoms with Gasteiger partial charge in [-0.25, -0.2) is 0 Å². The fourth-order valence-corrected chi connectivity index (χ4v) is 1.53. The minimum atomic E-state index is -0.272. The van der Waals surface area contributed by atoms with Crippen LogP contribution in [0.1, 0.15) is 18.8 Å². The van der Waals surface area contributed by atoms with Gasteiger partial charge in [-0.3, -0.25) is 0 Å². The van der Waals surface area contributed by atoms with Gasteiger partial charge in [0.05, 0.1) is 18.7 Å². The molecule has 2 aromatic rings. The number of rotatable bonds is 3. The molecule has 6 heteroatoms. The van der Waals surface area contributed by atoms with Crippen molar-refractivity contribution in [3.63, 3.8) is 0 Å². The van der Waals surface area contributed by atoms with Gasteiger partial charge in [0.25, 0.3) is 5.89 Å². The Labute approximate surface area is 104 Å². The molecule has 17 heavy (non-hydrogen) atoms. The van der Waals surface area contributed by atoms with Crippen molar-refractivity contribution >= 4 is 11.6 Å². The molecule has 5 nitrogen and oxygen atoms in total. The van der Waals surface area contributed by atoms with Crippen LogP contribution in [0.3, 0.4) is 0 Å². The molecule has 1 atom stereocenters. The lowest BCUT2D eigenvalue weighted by molar-refractivity contribution is 0.401. The maximum absolute atomic E-state index is 5.87. The number of hydrogen-bond donors (Lipinski definition) is 1. The van der Waals surface area contributed by atoms with Crippen molar-refractivity contribution in [2.75, 3.05) is 7.11 Å². The Morgan fingerprint density at radius 3 is 2.82 bits per heavy atom. The van der Waals surface area contributed by atoms with E-state index in [2.05, 4.69) is 10.1 Å². The van der Waals surface area contributed by atoms with Gasteiger partial charge in [-0.15, -0.1) is 0 Å². The van der Waals surface area contributed by atoms with Crippen molar-refractivity contribution in [2.24, 2.45) is 5.73 Å². The molecule has 0 saturated carbocycles. The quantitative estimate of drug-likeness (QED) is 0.909. The van der Waals surface area contributed by atoms with E-state index in [4.69, 9.17) is 26.6 Å². The molecule has 2 N–H and O–H groups in total. The summed E-state index contributed by atoms with van der Waals surface area (Å²) in [7, 11) is 1.55. The van der Waals surface area contributed by atoms with Gasteiger partial charge in [0.2, 0.25) is 0 Å². The molecule has 2 rings (SSSR count). The van der Waals surface area contributed by atoms with E-state index in [0.29, 0.717) is 28.1 Å². The Morgan fingerprint density at radius 1 is 1.47 bits per heavy atom. The largest absolute Gasteiger partial charge is 0.496 e. The van der Waals surface area contributed by atoms with Crippen LogP contribution < -0.4 is 10.5 Å². The van der Waals surface area contributed by atoms with Crippen molar-refractivity contribution in [3.05, 3.63) is 29.0 Å². The van der Waals surface area contributed by atoms with Crippen LogP contribution in [-0.4, -0.2) is 17.3 Å². The van der Waals surface area contributed by atoms with Crippen LogP contribution in [0.15, 0.2) is 22.7 Å². The smallest absolute Gasteiger partial charge is 0.261 e. The van der Waals surface area contributed by atoms with E-state index in [1.807, 2.05) is 0 Å². The number of ether oxygens (including phenoxy) is 1. The van der Waals surface area contributed by atoms with Crippen molar-refractivity contribution in [1.82, 2.24) is 10.1 Å². The lowest BCUT2D eigenvalue weighted by Crippen LogP contribution is -2.06. The van der Waals surface area contributed by atoms with Gasteiger partial charge < -0.3 is 15.0 Å². The predicted molar refractivity (Wildman–Crippen MR) is 63.9 cm³/mol. The molecule has 1 aromatic heterocycles. The van der Waals surface area contributed by atoms with E-state index >= 15 is 0 Å². The number of benzene rings is 1. The Hall–Kier alpha value is -1.59. The molecule has 90 valence electrons. The van der Waals surface area contributed by atoms with E-state index in [9.17, 15) is 0 Å². The Kier molecular flexibility index (Phi) is 3.31. The van der Waals surface area contributed by atoms with Crippen LogP contribution >= 0.6 is 11.6 Å². The molecule has 0 saturated heterocycles. The number of nitrogens with zero attached hydrogens (tertiary/aromatic N) is 2. The summed E-state index contributed by atoms with van der Waals surface area (Å²) in [6, 6.07) is 4.91. The highest BCUT2D eigenvalue weighted by molar-refractivity contribution is 6.30. The summed E-state index contributed by atoms with van der Waals surface area (Å²) in [4.78, 5) is 4.19. The standard InChI is InChI=1S/C11H12ClN3O2/c1-6(13)10-14-11(17-15-10)8-4-3-7(12)5-9(8)16-2/h3-6H,13H2,1-2H3. The monoisotopic (exact) mass is 253 g/mol. The third-order valence-electron chi connectivity index (χ3n) is 2.24. The van der Waals surface area contributed by atoms with Crippen LogP contribution in [0, 0.1) is 0 Å². The molecule has 0 radical (unpaired) electrons. The van der Waals surface area contributed by atoms with E-state index in [1.54, 1.807) is 32.2 Å². The predicted octanol–water partition coefficient (Wildman–Crippen LogP) is 2.42. The summed E-state index contributed by atoms with van der Waals surface area (Å²) >= 11 is 5.87. The lowest BCUT2D eigenvalue weighted by atomic mass is 10.2. The molecular weight excluding hydrogens is 242 g/mol. The highest BCUT2D eigenvalue weighted by Crippen LogP contribution is 2.31. The minimum absolute atomic E-state index is 0.272. The summed E-state index contributed by atoms with van der Waals surface area (Å²) in [6.07, 6.45) is 0. The first-order valence-corrected chi connectivity index (χ1v) is 5.42. The summed E-state index contributed by atoms with van der Waals surface area (Å²) in [5, 5.41) is 4.37. The maximum Gasteiger partial charge on any atom is 0.261 e. The third-order valence-corrected chi connectivity index (χ3v) is 2.48. The fourth-order valence-electron chi connectivity index (χ4n) is 1.37. The van der Waals surface area contributed by atoms with Gasteiger partial charge in [0.15, 0.2) is 5.82 Å². The van der Waals surface area contributed by atoms with Crippen LogP contribution in [0.25, 0.3) is 11.5 Å². The van der Waals surface area contributed by atoms with Crippen LogP contribution in [0.4, 0.5) is 0 Å². The van der Waals surface area contributed by atoms with Gasteiger partial charge in [-0.1, -0.05) is 16.8 Å². The summed E-state index contributed by atoms with van der Waals surface area (Å²) in [6.45, 7) is 1.79. The molecule has 0 bridgehead atoms. The second-order valence-electron chi connectivity index (χ2n) is 3.59. The number of aromatic nitrogens is 2. The number of halogens is 1. The summed E-state index contributed by atoms with van der Waals surface area (Å²) in [5.41, 5.74) is 6.35. The Balaban J connectivity index is 2.44. The van der Waals surface area contributed by atoms with Gasteiger partial charge in [-0.2, -0.15) is 4.98 Å². The first-order valence-electron chi connectivity index (χ1n) is 5.05. The molecule has 0 fully saturated rings. The van der Waals surface area contributed by atoms with Crippen LogP contribution in [0.2, 0.25) is 5.02 Å². The molecule has 1 unspecified atom stereocenters. The highest BCUT2D eigenvalue weighted by atomic mass is 35.5. The van der Waals surface area contributed by atoms with Crippen LogP contribution in [0.5, 0.6) is 5.75 Å². The summed E-state index contributed by atoms with van der Waals surface area (Å²) < 4.78 is 10.3.